The Bertz CT molecular complexity index is 979. The third-order valence-electron chi connectivity index (χ3n) is 4.31. The normalized spacial score (nSPS) is 14.3. The van der Waals surface area contributed by atoms with E-state index in [0.29, 0.717) is 22.0 Å². The predicted molar refractivity (Wildman–Crippen MR) is 105 cm³/mol. The van der Waals surface area contributed by atoms with E-state index in [1.54, 1.807) is 12.1 Å². The van der Waals surface area contributed by atoms with Gasteiger partial charge in [0.1, 0.15) is 5.76 Å². The molecule has 0 N–H and O–H groups in total. The van der Waals surface area contributed by atoms with E-state index >= 15 is 0 Å². The number of rotatable bonds is 6. The summed E-state index contributed by atoms with van der Waals surface area (Å²) in [4.78, 5) is 27.8. The van der Waals surface area contributed by atoms with Crippen molar-refractivity contribution in [3.8, 4) is 0 Å². The average Bonchev–Trinajstić information content (AvgIpc) is 3.30. The van der Waals surface area contributed by atoms with Crippen LogP contribution >= 0.6 is 11.8 Å². The van der Waals surface area contributed by atoms with Gasteiger partial charge in [0.25, 0.3) is 11.8 Å². The highest BCUT2D eigenvalue weighted by molar-refractivity contribution is 8.03. The molecule has 0 atom stereocenters. The summed E-state index contributed by atoms with van der Waals surface area (Å²) in [5, 5.41) is 0. The first kappa shape index (κ1) is 17.4. The number of nitrogens with zero attached hydrogens (tertiary/aromatic N) is 1. The van der Waals surface area contributed by atoms with Gasteiger partial charge in [-0.25, -0.2) is 0 Å². The van der Waals surface area contributed by atoms with Gasteiger partial charge in [0.2, 0.25) is 0 Å². The van der Waals surface area contributed by atoms with Gasteiger partial charge < -0.3 is 4.42 Å². The highest BCUT2D eigenvalue weighted by Crippen LogP contribution is 2.38. The van der Waals surface area contributed by atoms with E-state index in [1.165, 1.54) is 22.9 Å². The Hall–Kier alpha value is -3.05. The van der Waals surface area contributed by atoms with Gasteiger partial charge in [0, 0.05) is 5.75 Å². The minimum atomic E-state index is -0.279. The van der Waals surface area contributed by atoms with Crippen LogP contribution in [0.25, 0.3) is 5.57 Å². The van der Waals surface area contributed by atoms with Crippen molar-refractivity contribution < 1.29 is 14.0 Å². The fraction of sp³-hybridized carbons (Fsp3) is 0.0909. The highest BCUT2D eigenvalue weighted by atomic mass is 32.2. The quantitative estimate of drug-likeness (QED) is 0.596. The number of furan rings is 1. The van der Waals surface area contributed by atoms with E-state index in [4.69, 9.17) is 4.42 Å². The average molecular weight is 375 g/mol. The van der Waals surface area contributed by atoms with Gasteiger partial charge in [-0.1, -0.05) is 60.7 Å². The molecule has 3 aromatic rings. The van der Waals surface area contributed by atoms with Crippen molar-refractivity contribution in [2.75, 3.05) is 0 Å². The summed E-state index contributed by atoms with van der Waals surface area (Å²) in [5.41, 5.74) is 2.33. The molecule has 0 bridgehead atoms. The molecule has 0 saturated carbocycles. The maximum atomic E-state index is 13.1. The molecule has 1 aromatic heterocycles. The molecule has 0 saturated heterocycles. The maximum absolute atomic E-state index is 13.1. The fourth-order valence-corrected chi connectivity index (χ4v) is 4.07. The Morgan fingerprint density at radius 3 is 2.19 bits per heavy atom. The monoisotopic (exact) mass is 375 g/mol. The number of benzene rings is 2. The lowest BCUT2D eigenvalue weighted by atomic mass is 10.1. The summed E-state index contributed by atoms with van der Waals surface area (Å²) in [5.74, 6) is 0.660. The molecule has 2 heterocycles. The fourth-order valence-electron chi connectivity index (χ4n) is 2.98. The van der Waals surface area contributed by atoms with Crippen molar-refractivity contribution in [1.29, 1.82) is 0 Å². The SMILES string of the molecule is O=C1C(SCc2ccccc2)=C(c2ccccc2)C(=O)N1Cc1ccco1. The summed E-state index contributed by atoms with van der Waals surface area (Å²) in [6.45, 7) is 0.135. The predicted octanol–water partition coefficient (Wildman–Crippen LogP) is 4.49. The number of imide groups is 1. The molecule has 0 unspecified atom stereocenters. The van der Waals surface area contributed by atoms with E-state index in [0.717, 1.165) is 11.1 Å². The molecule has 134 valence electrons. The molecule has 27 heavy (non-hydrogen) atoms. The van der Waals surface area contributed by atoms with Gasteiger partial charge in [0.05, 0.1) is 23.3 Å². The van der Waals surface area contributed by atoms with Crippen LogP contribution in [0.15, 0.2) is 88.4 Å². The third-order valence-corrected chi connectivity index (χ3v) is 5.45. The minimum absolute atomic E-state index is 0.135. The lowest BCUT2D eigenvalue weighted by Gasteiger charge is -2.13. The van der Waals surface area contributed by atoms with Gasteiger partial charge in [0.15, 0.2) is 0 Å². The van der Waals surface area contributed by atoms with Crippen molar-refractivity contribution in [1.82, 2.24) is 4.90 Å². The van der Waals surface area contributed by atoms with E-state index in [-0.39, 0.29) is 18.4 Å². The lowest BCUT2D eigenvalue weighted by molar-refractivity contribution is -0.137. The largest absolute Gasteiger partial charge is 0.467 e. The van der Waals surface area contributed by atoms with Crippen LogP contribution in [-0.2, 0) is 21.9 Å². The first-order valence-electron chi connectivity index (χ1n) is 8.59. The van der Waals surface area contributed by atoms with E-state index in [1.807, 2.05) is 60.7 Å². The number of carbonyl (C=O) groups is 2. The summed E-state index contributed by atoms with van der Waals surface area (Å²) >= 11 is 1.41. The van der Waals surface area contributed by atoms with Gasteiger partial charge >= 0.3 is 0 Å². The van der Waals surface area contributed by atoms with Crippen LogP contribution in [0.1, 0.15) is 16.9 Å². The van der Waals surface area contributed by atoms with Crippen LogP contribution in [-0.4, -0.2) is 16.7 Å². The number of thioether (sulfide) groups is 1. The Morgan fingerprint density at radius 1 is 0.815 bits per heavy atom. The van der Waals surface area contributed by atoms with Gasteiger partial charge in [-0.3, -0.25) is 14.5 Å². The number of amides is 2. The Labute approximate surface area is 161 Å². The van der Waals surface area contributed by atoms with Crippen LogP contribution in [0, 0.1) is 0 Å². The van der Waals surface area contributed by atoms with Crippen molar-refractivity contribution in [2.24, 2.45) is 0 Å². The molecule has 0 aliphatic carbocycles. The second-order valence-electron chi connectivity index (χ2n) is 6.12. The van der Waals surface area contributed by atoms with Crippen molar-refractivity contribution in [3.05, 3.63) is 101 Å². The molecule has 0 fully saturated rings. The van der Waals surface area contributed by atoms with Crippen LogP contribution in [0.3, 0.4) is 0 Å². The van der Waals surface area contributed by atoms with Gasteiger partial charge in [-0.15, -0.1) is 11.8 Å². The third kappa shape index (κ3) is 3.59. The summed E-state index contributed by atoms with van der Waals surface area (Å²) in [6, 6.07) is 22.8. The Kier molecular flexibility index (Phi) is 4.94. The first-order valence-corrected chi connectivity index (χ1v) is 9.57. The molecule has 0 spiro atoms. The van der Waals surface area contributed by atoms with Crippen LogP contribution in [0.4, 0.5) is 0 Å². The molecule has 4 rings (SSSR count). The van der Waals surface area contributed by atoms with Gasteiger partial charge in [-0.05, 0) is 23.3 Å². The lowest BCUT2D eigenvalue weighted by Crippen LogP contribution is -2.30. The van der Waals surface area contributed by atoms with Crippen molar-refractivity contribution in [3.63, 3.8) is 0 Å². The molecular formula is C22H17NO3S. The zero-order valence-corrected chi connectivity index (χ0v) is 15.3. The topological polar surface area (TPSA) is 50.5 Å². The van der Waals surface area contributed by atoms with Crippen LogP contribution in [0.2, 0.25) is 0 Å². The summed E-state index contributed by atoms with van der Waals surface area (Å²) < 4.78 is 5.33. The zero-order chi connectivity index (χ0) is 18.6. The van der Waals surface area contributed by atoms with E-state index < -0.39 is 0 Å². The smallest absolute Gasteiger partial charge is 0.268 e. The number of hydrogen-bond donors (Lipinski definition) is 0. The molecular weight excluding hydrogens is 358 g/mol. The van der Waals surface area contributed by atoms with Crippen molar-refractivity contribution in [2.45, 2.75) is 12.3 Å². The second kappa shape index (κ2) is 7.68. The second-order valence-corrected chi connectivity index (χ2v) is 7.11. The highest BCUT2D eigenvalue weighted by Gasteiger charge is 2.39. The van der Waals surface area contributed by atoms with E-state index in [2.05, 4.69) is 0 Å². The summed E-state index contributed by atoms with van der Waals surface area (Å²) in [6.07, 6.45) is 1.54. The van der Waals surface area contributed by atoms with Crippen LogP contribution in [0.5, 0.6) is 0 Å². The number of hydrogen-bond acceptors (Lipinski definition) is 4. The Morgan fingerprint density at radius 2 is 1.52 bits per heavy atom. The first-order chi connectivity index (χ1) is 13.2. The molecule has 5 heteroatoms. The molecule has 0 radical (unpaired) electrons. The maximum Gasteiger partial charge on any atom is 0.268 e. The van der Waals surface area contributed by atoms with E-state index in [9.17, 15) is 9.59 Å². The van der Waals surface area contributed by atoms with Crippen molar-refractivity contribution >= 4 is 29.1 Å². The minimum Gasteiger partial charge on any atom is -0.467 e. The molecule has 1 aliphatic heterocycles. The van der Waals surface area contributed by atoms with Gasteiger partial charge in [-0.2, -0.15) is 0 Å². The summed E-state index contributed by atoms with van der Waals surface area (Å²) in [7, 11) is 0. The number of carbonyl (C=O) groups excluding carboxylic acids is 2. The molecule has 1 aliphatic rings. The molecule has 4 nitrogen and oxygen atoms in total. The molecule has 2 aromatic carbocycles. The Balaban J connectivity index is 1.66. The molecule has 2 amide bonds. The van der Waals surface area contributed by atoms with Crippen LogP contribution < -0.4 is 0 Å². The standard InChI is InChI=1S/C22H17NO3S/c24-21-19(17-10-5-2-6-11-17)20(27-15-16-8-3-1-4-9-16)22(25)23(21)14-18-12-7-13-26-18/h1-13H,14-15H2. The zero-order valence-electron chi connectivity index (χ0n) is 14.5.